The van der Waals surface area contributed by atoms with Gasteiger partial charge >= 0.3 is 0 Å². The second-order valence-electron chi connectivity index (χ2n) is 6.84. The number of benzene rings is 2. The maximum absolute atomic E-state index is 13.0. The van der Waals surface area contributed by atoms with Gasteiger partial charge in [0.05, 0.1) is 18.4 Å². The number of anilines is 1. The SMILES string of the molecule is O=C(Nc1ccc(Oc2ccc(F)cc2)nc1)c1ccc(=O)n(CCOc2ccccc2)n1. The first-order valence-corrected chi connectivity index (χ1v) is 10.0. The molecule has 0 aliphatic carbocycles. The monoisotopic (exact) mass is 446 g/mol. The first kappa shape index (κ1) is 21.7. The Morgan fingerprint density at radius 1 is 0.939 bits per heavy atom. The van der Waals surface area contributed by atoms with Crippen molar-refractivity contribution in [3.05, 3.63) is 107 Å². The predicted octanol–water partition coefficient (Wildman–Crippen LogP) is 3.90. The number of ether oxygens (including phenoxy) is 2. The van der Waals surface area contributed by atoms with Gasteiger partial charge in [-0.3, -0.25) is 9.59 Å². The zero-order chi connectivity index (χ0) is 23.0. The summed E-state index contributed by atoms with van der Waals surface area (Å²) in [6.45, 7) is 0.410. The Labute approximate surface area is 188 Å². The molecule has 0 aliphatic heterocycles. The van der Waals surface area contributed by atoms with Crippen molar-refractivity contribution in [3.8, 4) is 17.4 Å². The Morgan fingerprint density at radius 2 is 1.73 bits per heavy atom. The Hall–Kier alpha value is -4.53. The van der Waals surface area contributed by atoms with Gasteiger partial charge in [0, 0.05) is 12.1 Å². The van der Waals surface area contributed by atoms with Gasteiger partial charge in [-0.15, -0.1) is 0 Å². The largest absolute Gasteiger partial charge is 0.492 e. The van der Waals surface area contributed by atoms with Crippen LogP contribution in [0.4, 0.5) is 10.1 Å². The molecule has 8 nitrogen and oxygen atoms in total. The molecule has 0 unspecified atom stereocenters. The van der Waals surface area contributed by atoms with Crippen molar-refractivity contribution in [2.75, 3.05) is 11.9 Å². The molecule has 0 radical (unpaired) electrons. The minimum Gasteiger partial charge on any atom is -0.492 e. The highest BCUT2D eigenvalue weighted by Gasteiger charge is 2.11. The van der Waals surface area contributed by atoms with Gasteiger partial charge in [-0.2, -0.15) is 5.10 Å². The molecule has 0 fully saturated rings. The molecule has 33 heavy (non-hydrogen) atoms. The molecule has 2 aromatic heterocycles. The van der Waals surface area contributed by atoms with E-state index in [0.717, 1.165) is 0 Å². The van der Waals surface area contributed by atoms with Crippen molar-refractivity contribution < 1.29 is 18.7 Å². The summed E-state index contributed by atoms with van der Waals surface area (Å²) in [5.74, 6) is 0.533. The van der Waals surface area contributed by atoms with Crippen LogP contribution in [0.5, 0.6) is 17.4 Å². The van der Waals surface area contributed by atoms with Gasteiger partial charge in [0.2, 0.25) is 5.88 Å². The van der Waals surface area contributed by atoms with E-state index < -0.39 is 5.91 Å². The van der Waals surface area contributed by atoms with Crippen LogP contribution in [0.3, 0.4) is 0 Å². The summed E-state index contributed by atoms with van der Waals surface area (Å²) in [4.78, 5) is 28.8. The second-order valence-corrected chi connectivity index (χ2v) is 6.84. The molecule has 0 atom stereocenters. The summed E-state index contributed by atoms with van der Waals surface area (Å²) < 4.78 is 25.3. The van der Waals surface area contributed by atoms with Crippen LogP contribution in [0.15, 0.2) is 89.9 Å². The lowest BCUT2D eigenvalue weighted by atomic mass is 10.3. The van der Waals surface area contributed by atoms with Gasteiger partial charge in [0.15, 0.2) is 0 Å². The number of nitrogens with one attached hydrogen (secondary N) is 1. The average molecular weight is 446 g/mol. The fourth-order valence-electron chi connectivity index (χ4n) is 2.83. The van der Waals surface area contributed by atoms with Crippen LogP contribution in [-0.4, -0.2) is 27.3 Å². The van der Waals surface area contributed by atoms with Gasteiger partial charge < -0.3 is 14.8 Å². The number of carbonyl (C=O) groups is 1. The number of carbonyl (C=O) groups excluding carboxylic acids is 1. The molecule has 0 bridgehead atoms. The number of rotatable bonds is 8. The lowest BCUT2D eigenvalue weighted by Gasteiger charge is -2.09. The van der Waals surface area contributed by atoms with Crippen molar-refractivity contribution in [2.24, 2.45) is 0 Å². The van der Waals surface area contributed by atoms with Crippen molar-refractivity contribution in [1.29, 1.82) is 0 Å². The number of aromatic nitrogens is 3. The summed E-state index contributed by atoms with van der Waals surface area (Å²) in [5, 5.41) is 6.79. The van der Waals surface area contributed by atoms with Crippen LogP contribution in [0.2, 0.25) is 0 Å². The minimum absolute atomic E-state index is 0.0703. The molecule has 0 aliphatic rings. The van der Waals surface area contributed by atoms with E-state index in [1.165, 1.54) is 47.3 Å². The van der Waals surface area contributed by atoms with Crippen molar-refractivity contribution >= 4 is 11.6 Å². The summed E-state index contributed by atoms with van der Waals surface area (Å²) in [6.07, 6.45) is 1.42. The first-order chi connectivity index (χ1) is 16.1. The lowest BCUT2D eigenvalue weighted by Crippen LogP contribution is -2.28. The number of nitrogens with zero attached hydrogens (tertiary/aromatic N) is 3. The van der Waals surface area contributed by atoms with E-state index in [2.05, 4.69) is 15.4 Å². The zero-order valence-corrected chi connectivity index (χ0v) is 17.3. The Morgan fingerprint density at radius 3 is 2.45 bits per heavy atom. The molecule has 9 heteroatoms. The Kier molecular flexibility index (Phi) is 6.70. The van der Waals surface area contributed by atoms with Crippen LogP contribution in [0.25, 0.3) is 0 Å². The summed E-state index contributed by atoms with van der Waals surface area (Å²) >= 11 is 0. The summed E-state index contributed by atoms with van der Waals surface area (Å²) in [5.41, 5.74) is 0.145. The Balaban J connectivity index is 1.36. The van der Waals surface area contributed by atoms with Gasteiger partial charge in [0.1, 0.15) is 29.6 Å². The molecule has 0 saturated carbocycles. The normalized spacial score (nSPS) is 10.5. The highest BCUT2D eigenvalue weighted by Crippen LogP contribution is 2.20. The quantitative estimate of drug-likeness (QED) is 0.441. The van der Waals surface area contributed by atoms with Gasteiger partial charge in [-0.1, -0.05) is 18.2 Å². The van der Waals surface area contributed by atoms with E-state index >= 15 is 0 Å². The fraction of sp³-hybridized carbons (Fsp3) is 0.0833. The molecule has 1 N–H and O–H groups in total. The average Bonchev–Trinajstić information content (AvgIpc) is 2.83. The fourth-order valence-corrected chi connectivity index (χ4v) is 2.83. The Bertz CT molecular complexity index is 1280. The van der Waals surface area contributed by atoms with Gasteiger partial charge in [-0.05, 0) is 48.5 Å². The maximum Gasteiger partial charge on any atom is 0.276 e. The predicted molar refractivity (Wildman–Crippen MR) is 119 cm³/mol. The first-order valence-electron chi connectivity index (χ1n) is 10.0. The number of amides is 1. The van der Waals surface area contributed by atoms with Crippen LogP contribution in [0.1, 0.15) is 10.5 Å². The minimum atomic E-state index is -0.498. The van der Waals surface area contributed by atoms with E-state index in [9.17, 15) is 14.0 Å². The van der Waals surface area contributed by atoms with Crippen molar-refractivity contribution in [1.82, 2.24) is 14.8 Å². The highest BCUT2D eigenvalue weighted by atomic mass is 19.1. The molecule has 4 aromatic rings. The molecule has 1 amide bonds. The lowest BCUT2D eigenvalue weighted by molar-refractivity contribution is 0.101. The van der Waals surface area contributed by atoms with E-state index in [4.69, 9.17) is 9.47 Å². The van der Waals surface area contributed by atoms with Crippen LogP contribution >= 0.6 is 0 Å². The molecule has 166 valence electrons. The van der Waals surface area contributed by atoms with Crippen molar-refractivity contribution in [3.63, 3.8) is 0 Å². The van der Waals surface area contributed by atoms with Gasteiger partial charge in [0.25, 0.3) is 11.5 Å². The third-order valence-electron chi connectivity index (χ3n) is 4.44. The van der Waals surface area contributed by atoms with E-state index in [1.54, 1.807) is 12.1 Å². The topological polar surface area (TPSA) is 95.3 Å². The maximum atomic E-state index is 13.0. The second kappa shape index (κ2) is 10.2. The number of para-hydroxylation sites is 1. The van der Waals surface area contributed by atoms with Crippen LogP contribution in [-0.2, 0) is 6.54 Å². The van der Waals surface area contributed by atoms with Gasteiger partial charge in [-0.25, -0.2) is 14.1 Å². The number of pyridine rings is 1. The molecule has 2 aromatic carbocycles. The molecule has 2 heterocycles. The molecule has 0 spiro atoms. The number of hydrogen-bond acceptors (Lipinski definition) is 6. The van der Waals surface area contributed by atoms with Crippen LogP contribution < -0.4 is 20.3 Å². The van der Waals surface area contributed by atoms with Crippen molar-refractivity contribution in [2.45, 2.75) is 6.54 Å². The van der Waals surface area contributed by atoms with E-state index in [1.807, 2.05) is 30.3 Å². The van der Waals surface area contributed by atoms with E-state index in [0.29, 0.717) is 17.2 Å². The smallest absolute Gasteiger partial charge is 0.276 e. The summed E-state index contributed by atoms with van der Waals surface area (Å²) in [6, 6.07) is 20.5. The third-order valence-corrected chi connectivity index (χ3v) is 4.44. The zero-order valence-electron chi connectivity index (χ0n) is 17.3. The molecular formula is C24H19FN4O4. The standard InChI is InChI=1S/C24H19FN4O4/c25-17-6-9-20(10-7-17)33-22-12-8-18(16-26-22)27-24(31)21-11-13-23(30)29(28-21)14-15-32-19-4-2-1-3-5-19/h1-13,16H,14-15H2,(H,27,31). The molecule has 0 saturated heterocycles. The summed E-state index contributed by atoms with van der Waals surface area (Å²) in [7, 11) is 0. The van der Waals surface area contributed by atoms with Crippen LogP contribution in [0, 0.1) is 5.82 Å². The highest BCUT2D eigenvalue weighted by molar-refractivity contribution is 6.02. The van der Waals surface area contributed by atoms with E-state index in [-0.39, 0.29) is 36.1 Å². The molecular weight excluding hydrogens is 427 g/mol. The third kappa shape index (κ3) is 6.01. The number of hydrogen-bond donors (Lipinski definition) is 1. The molecule has 4 rings (SSSR count). The number of halogens is 1.